The van der Waals surface area contributed by atoms with Crippen molar-refractivity contribution in [2.24, 2.45) is 0 Å². The fourth-order valence-corrected chi connectivity index (χ4v) is 3.73. The highest BCUT2D eigenvalue weighted by Gasteiger charge is 2.20. The summed E-state index contributed by atoms with van der Waals surface area (Å²) in [5, 5.41) is 6.88. The number of aromatic nitrogens is 2. The maximum absolute atomic E-state index is 5.41. The highest BCUT2D eigenvalue weighted by atomic mass is 16.5. The van der Waals surface area contributed by atoms with E-state index in [0.29, 0.717) is 6.17 Å². The summed E-state index contributed by atoms with van der Waals surface area (Å²) in [5.74, 6) is 1.75. The first kappa shape index (κ1) is 18.5. The summed E-state index contributed by atoms with van der Waals surface area (Å²) < 4.78 is 5.41. The molecule has 1 aromatic heterocycles. The number of likely N-dealkylation sites (tertiary alicyclic amines) is 1. The maximum Gasteiger partial charge on any atom is 0.129 e. The van der Waals surface area contributed by atoms with Crippen LogP contribution in [0.3, 0.4) is 0 Å². The molecule has 2 N–H and O–H groups in total. The Balaban J connectivity index is 1.35. The van der Waals surface area contributed by atoms with E-state index in [9.17, 15) is 0 Å². The number of anilines is 1. The van der Waals surface area contributed by atoms with E-state index in [1.807, 2.05) is 24.3 Å². The molecule has 1 fully saturated rings. The van der Waals surface area contributed by atoms with Gasteiger partial charge >= 0.3 is 0 Å². The summed E-state index contributed by atoms with van der Waals surface area (Å²) in [6.45, 7) is 3.11. The predicted molar refractivity (Wildman–Crippen MR) is 112 cm³/mol. The second-order valence-corrected chi connectivity index (χ2v) is 7.09. The van der Waals surface area contributed by atoms with Gasteiger partial charge in [-0.2, -0.15) is 0 Å². The second kappa shape index (κ2) is 8.89. The van der Waals surface area contributed by atoms with Crippen molar-refractivity contribution in [1.29, 1.82) is 0 Å². The molecule has 0 bridgehead atoms. The zero-order chi connectivity index (χ0) is 19.2. The Morgan fingerprint density at radius 2 is 2.07 bits per heavy atom. The number of ether oxygens (including phenoxy) is 1. The van der Waals surface area contributed by atoms with Gasteiger partial charge in [0.25, 0.3) is 0 Å². The summed E-state index contributed by atoms with van der Waals surface area (Å²) >= 11 is 0. The van der Waals surface area contributed by atoms with Crippen molar-refractivity contribution >= 4 is 11.4 Å². The molecule has 6 nitrogen and oxygen atoms in total. The minimum atomic E-state index is 0.298. The minimum Gasteiger partial charge on any atom is -0.496 e. The van der Waals surface area contributed by atoms with Gasteiger partial charge in [0, 0.05) is 37.5 Å². The molecule has 1 unspecified atom stereocenters. The summed E-state index contributed by atoms with van der Waals surface area (Å²) in [6, 6.07) is 10.1. The van der Waals surface area contributed by atoms with Crippen molar-refractivity contribution in [3.05, 3.63) is 66.3 Å². The van der Waals surface area contributed by atoms with Crippen LogP contribution in [0.25, 0.3) is 5.57 Å². The number of benzene rings is 1. The third-order valence-corrected chi connectivity index (χ3v) is 5.26. The van der Waals surface area contributed by atoms with Gasteiger partial charge in [0.1, 0.15) is 17.9 Å². The normalized spacial score (nSPS) is 19.2. The largest absolute Gasteiger partial charge is 0.496 e. The number of dihydropyridines is 1. The zero-order valence-corrected chi connectivity index (χ0v) is 16.3. The molecule has 146 valence electrons. The molecular weight excluding hydrogens is 350 g/mol. The van der Waals surface area contributed by atoms with E-state index in [2.05, 4.69) is 49.9 Å². The topological polar surface area (TPSA) is 62.3 Å². The van der Waals surface area contributed by atoms with Crippen LogP contribution >= 0.6 is 0 Å². The van der Waals surface area contributed by atoms with Crippen molar-refractivity contribution in [2.75, 3.05) is 32.1 Å². The van der Waals surface area contributed by atoms with Gasteiger partial charge in [-0.25, -0.2) is 9.97 Å². The molecule has 3 heterocycles. The van der Waals surface area contributed by atoms with Gasteiger partial charge in [0.05, 0.1) is 19.0 Å². The molecule has 1 aromatic carbocycles. The molecule has 1 atom stereocenters. The number of hydrogen-bond acceptors (Lipinski definition) is 6. The van der Waals surface area contributed by atoms with Crippen molar-refractivity contribution in [3.63, 3.8) is 0 Å². The first-order chi connectivity index (χ1) is 13.8. The number of allylic oxidation sites excluding steroid dienone is 2. The predicted octanol–water partition coefficient (Wildman–Crippen LogP) is 3.06. The molecule has 1 saturated heterocycles. The fraction of sp³-hybridized carbons (Fsp3) is 0.364. The molecule has 4 rings (SSSR count). The van der Waals surface area contributed by atoms with Crippen molar-refractivity contribution in [1.82, 2.24) is 20.2 Å². The van der Waals surface area contributed by atoms with Crippen LogP contribution in [0.2, 0.25) is 0 Å². The lowest BCUT2D eigenvalue weighted by Crippen LogP contribution is -2.41. The Morgan fingerprint density at radius 1 is 1.21 bits per heavy atom. The van der Waals surface area contributed by atoms with Crippen molar-refractivity contribution < 1.29 is 4.74 Å². The number of nitrogens with one attached hydrogen (secondary N) is 2. The average Bonchev–Trinajstić information content (AvgIpc) is 3.29. The summed E-state index contributed by atoms with van der Waals surface area (Å²) in [5.41, 5.74) is 3.17. The van der Waals surface area contributed by atoms with E-state index in [1.165, 1.54) is 31.5 Å². The number of nitrogens with zero attached hydrogens (tertiary/aromatic N) is 3. The van der Waals surface area contributed by atoms with Gasteiger partial charge in [-0.05, 0) is 37.0 Å². The number of para-hydroxylation sites is 1. The first-order valence-corrected chi connectivity index (χ1v) is 9.90. The van der Waals surface area contributed by atoms with E-state index in [0.717, 1.165) is 35.8 Å². The van der Waals surface area contributed by atoms with Gasteiger partial charge in [-0.1, -0.05) is 24.3 Å². The fourth-order valence-electron chi connectivity index (χ4n) is 3.73. The molecule has 0 radical (unpaired) electrons. The van der Waals surface area contributed by atoms with Crippen LogP contribution in [0.1, 0.15) is 24.1 Å². The summed E-state index contributed by atoms with van der Waals surface area (Å²) in [7, 11) is 1.71. The van der Waals surface area contributed by atoms with E-state index in [-0.39, 0.29) is 0 Å². The van der Waals surface area contributed by atoms with Crippen LogP contribution in [0.5, 0.6) is 5.75 Å². The molecule has 0 saturated carbocycles. The molecular formula is C22H27N5O. The molecule has 0 amide bonds. The van der Waals surface area contributed by atoms with Crippen molar-refractivity contribution in [2.45, 2.75) is 25.4 Å². The van der Waals surface area contributed by atoms with Crippen LogP contribution < -0.4 is 15.4 Å². The van der Waals surface area contributed by atoms with Crippen molar-refractivity contribution in [3.8, 4) is 5.75 Å². The van der Waals surface area contributed by atoms with Crippen LogP contribution in [-0.4, -0.2) is 47.8 Å². The zero-order valence-electron chi connectivity index (χ0n) is 16.3. The molecule has 6 heteroatoms. The maximum atomic E-state index is 5.41. The number of hydrogen-bond donors (Lipinski definition) is 2. The Labute approximate surface area is 166 Å². The van der Waals surface area contributed by atoms with Crippen LogP contribution in [-0.2, 0) is 6.42 Å². The highest BCUT2D eigenvalue weighted by molar-refractivity contribution is 5.73. The van der Waals surface area contributed by atoms with Crippen LogP contribution in [0.15, 0.2) is 55.0 Å². The van der Waals surface area contributed by atoms with Gasteiger partial charge in [-0.3, -0.25) is 4.90 Å². The molecule has 2 aliphatic rings. The Hall–Kier alpha value is -2.86. The molecule has 0 aliphatic carbocycles. The summed E-state index contributed by atoms with van der Waals surface area (Å²) in [4.78, 5) is 11.3. The van der Waals surface area contributed by atoms with E-state index >= 15 is 0 Å². The Bertz CT molecular complexity index is 858. The van der Waals surface area contributed by atoms with Crippen LogP contribution in [0, 0.1) is 0 Å². The smallest absolute Gasteiger partial charge is 0.129 e. The quantitative estimate of drug-likeness (QED) is 0.773. The lowest BCUT2D eigenvalue weighted by Gasteiger charge is -2.27. The third kappa shape index (κ3) is 4.34. The first-order valence-electron chi connectivity index (χ1n) is 9.90. The number of rotatable bonds is 7. The van der Waals surface area contributed by atoms with Gasteiger partial charge in [0.2, 0.25) is 0 Å². The third-order valence-electron chi connectivity index (χ3n) is 5.26. The van der Waals surface area contributed by atoms with Gasteiger partial charge < -0.3 is 15.4 Å². The Kier molecular flexibility index (Phi) is 5.87. The summed E-state index contributed by atoms with van der Waals surface area (Å²) in [6.07, 6.45) is 11.8. The minimum absolute atomic E-state index is 0.298. The van der Waals surface area contributed by atoms with E-state index in [1.54, 1.807) is 13.4 Å². The SMILES string of the molecule is COc1ccccc1CCNc1cc(C2=CNC(N3CCCC3)C=C2)ncn1. The molecule has 2 aromatic rings. The highest BCUT2D eigenvalue weighted by Crippen LogP contribution is 2.21. The standard InChI is InChI=1S/C22H27N5O/c1-28-20-7-3-2-6-17(20)10-11-23-21-14-19(25-16-26-21)18-8-9-22(24-15-18)27-12-4-5-13-27/h2-3,6-9,14-16,22,24H,4-5,10-13H2,1H3,(H,23,25,26). The van der Waals surface area contributed by atoms with E-state index < -0.39 is 0 Å². The second-order valence-electron chi connectivity index (χ2n) is 7.09. The molecule has 0 spiro atoms. The number of methoxy groups -OCH3 is 1. The van der Waals surface area contributed by atoms with Gasteiger partial charge in [-0.15, -0.1) is 0 Å². The lowest BCUT2D eigenvalue weighted by molar-refractivity contribution is 0.262. The monoisotopic (exact) mass is 377 g/mol. The average molecular weight is 377 g/mol. The lowest BCUT2D eigenvalue weighted by atomic mass is 10.1. The Morgan fingerprint density at radius 3 is 2.86 bits per heavy atom. The van der Waals surface area contributed by atoms with Crippen LogP contribution in [0.4, 0.5) is 5.82 Å². The molecule has 2 aliphatic heterocycles. The van der Waals surface area contributed by atoms with Gasteiger partial charge in [0.15, 0.2) is 0 Å². The van der Waals surface area contributed by atoms with E-state index in [4.69, 9.17) is 4.74 Å². The molecule has 28 heavy (non-hydrogen) atoms.